The Hall–Kier alpha value is -0.760. The molecule has 70 heavy (non-hydrogen) atoms. The van der Waals surface area contributed by atoms with Gasteiger partial charge in [-0.2, -0.15) is 0 Å². The summed E-state index contributed by atoms with van der Waals surface area (Å²) in [5.74, 6) is -0.195. The van der Waals surface area contributed by atoms with Gasteiger partial charge in [0.15, 0.2) is 0 Å². The van der Waals surface area contributed by atoms with Crippen molar-refractivity contribution in [2.45, 2.75) is 334 Å². The molecule has 0 saturated heterocycles. The van der Waals surface area contributed by atoms with Gasteiger partial charge in [0.05, 0.1) is 39.9 Å². The van der Waals surface area contributed by atoms with Gasteiger partial charge >= 0.3 is 0 Å². The number of nitrogens with zero attached hydrogens (tertiary/aromatic N) is 1. The first kappa shape index (κ1) is 69.2. The first-order valence-corrected chi connectivity index (χ1v) is 32.5. The SMILES string of the molecule is CCCCCCC/C=C/C(O)C(COP(=O)([O-])OCC[N+](C)(C)C)NC(=O)CCCCCCCCCCCCCCCCCCCCCCCCCCCCCCCCCCCCCCCCCCC. The molecule has 0 aromatic rings. The van der Waals surface area contributed by atoms with Crippen molar-refractivity contribution in [3.8, 4) is 0 Å². The number of aliphatic hydroxyl groups excluding tert-OH is 1. The summed E-state index contributed by atoms with van der Waals surface area (Å²) >= 11 is 0. The standard InChI is InChI=1S/C61H123N2O6P/c1-6-8-10-12-14-15-16-17-18-19-20-21-22-23-24-25-26-27-28-29-30-31-32-33-34-35-36-37-38-39-40-41-42-43-44-45-46-47-49-51-53-55-61(65)62-59(60(64)54-52-50-48-13-11-9-7-2)58-69-70(66,67)68-57-56-63(3,4)5/h52,54,59-60,64H,6-51,53,55-58H2,1-5H3,(H-,62,65,66,67)/b54-52+. The highest BCUT2D eigenvalue weighted by atomic mass is 31.2. The van der Waals surface area contributed by atoms with Crippen molar-refractivity contribution in [3.05, 3.63) is 12.2 Å². The molecule has 3 unspecified atom stereocenters. The molecule has 0 saturated carbocycles. The predicted molar refractivity (Wildman–Crippen MR) is 302 cm³/mol. The number of amides is 1. The van der Waals surface area contributed by atoms with Crippen LogP contribution in [-0.4, -0.2) is 68.5 Å². The first-order valence-electron chi connectivity index (χ1n) is 31.1. The Bertz CT molecular complexity index is 1150. The van der Waals surface area contributed by atoms with Crippen LogP contribution in [0.15, 0.2) is 12.2 Å². The number of phosphoric acid groups is 1. The highest BCUT2D eigenvalue weighted by molar-refractivity contribution is 7.45. The molecule has 0 rings (SSSR count). The van der Waals surface area contributed by atoms with Crippen LogP contribution in [0.2, 0.25) is 0 Å². The van der Waals surface area contributed by atoms with Gasteiger partial charge in [-0.3, -0.25) is 9.36 Å². The Labute approximate surface area is 437 Å². The Balaban J connectivity index is 3.65. The monoisotopic (exact) mass is 1010 g/mol. The smallest absolute Gasteiger partial charge is 0.268 e. The van der Waals surface area contributed by atoms with E-state index in [-0.39, 0.29) is 19.1 Å². The highest BCUT2D eigenvalue weighted by Gasteiger charge is 2.23. The fourth-order valence-electron chi connectivity index (χ4n) is 9.63. The van der Waals surface area contributed by atoms with E-state index in [1.807, 2.05) is 27.2 Å². The second kappa shape index (κ2) is 53.1. The molecule has 0 aliphatic heterocycles. The van der Waals surface area contributed by atoms with E-state index in [0.29, 0.717) is 17.4 Å². The minimum atomic E-state index is -4.58. The van der Waals surface area contributed by atoms with Gasteiger partial charge in [-0.1, -0.05) is 309 Å². The van der Waals surface area contributed by atoms with Crippen LogP contribution in [-0.2, 0) is 18.4 Å². The van der Waals surface area contributed by atoms with Gasteiger partial charge in [0.1, 0.15) is 13.2 Å². The number of likely N-dealkylation sites (N-methyl/N-ethyl adjacent to an activating group) is 1. The highest BCUT2D eigenvalue weighted by Crippen LogP contribution is 2.38. The molecule has 0 aliphatic rings. The van der Waals surface area contributed by atoms with E-state index < -0.39 is 20.0 Å². The third kappa shape index (κ3) is 55.0. The number of carbonyl (C=O) groups is 1. The maximum absolute atomic E-state index is 12.9. The molecule has 0 aromatic heterocycles. The maximum Gasteiger partial charge on any atom is 0.268 e. The van der Waals surface area contributed by atoms with Gasteiger partial charge < -0.3 is 28.8 Å². The molecule has 0 fully saturated rings. The second-order valence-electron chi connectivity index (χ2n) is 22.8. The summed E-state index contributed by atoms with van der Waals surface area (Å²) in [7, 11) is 1.27. The molecule has 0 radical (unpaired) electrons. The van der Waals surface area contributed by atoms with Crippen molar-refractivity contribution in [2.75, 3.05) is 40.9 Å². The first-order chi connectivity index (χ1) is 34.0. The molecule has 3 atom stereocenters. The molecule has 0 bridgehead atoms. The summed E-state index contributed by atoms with van der Waals surface area (Å²) in [5, 5.41) is 13.7. The van der Waals surface area contributed by atoms with Crippen LogP contribution in [0.4, 0.5) is 0 Å². The van der Waals surface area contributed by atoms with Gasteiger partial charge in [-0.15, -0.1) is 0 Å². The van der Waals surface area contributed by atoms with Crippen LogP contribution >= 0.6 is 7.82 Å². The minimum Gasteiger partial charge on any atom is -0.756 e. The van der Waals surface area contributed by atoms with Crippen LogP contribution in [0, 0.1) is 0 Å². The molecule has 2 N–H and O–H groups in total. The third-order valence-electron chi connectivity index (χ3n) is 14.5. The zero-order valence-corrected chi connectivity index (χ0v) is 48.6. The van der Waals surface area contributed by atoms with Crippen molar-refractivity contribution in [1.82, 2.24) is 5.32 Å². The van der Waals surface area contributed by atoms with Gasteiger partial charge in [0.25, 0.3) is 7.82 Å². The topological polar surface area (TPSA) is 108 Å². The van der Waals surface area contributed by atoms with E-state index in [4.69, 9.17) is 9.05 Å². The fraction of sp³-hybridized carbons (Fsp3) is 0.951. The molecule has 0 aliphatic carbocycles. The summed E-state index contributed by atoms with van der Waals surface area (Å²) in [6, 6.07) is -0.879. The van der Waals surface area contributed by atoms with E-state index in [1.165, 1.54) is 263 Å². The summed E-state index contributed by atoms with van der Waals surface area (Å²) in [4.78, 5) is 25.3. The molecular weight excluding hydrogens is 888 g/mol. The van der Waals surface area contributed by atoms with Crippen molar-refractivity contribution >= 4 is 13.7 Å². The molecular formula is C61H123N2O6P. The number of carbonyl (C=O) groups excluding carboxylic acids is 1. The second-order valence-corrected chi connectivity index (χ2v) is 24.2. The van der Waals surface area contributed by atoms with Crippen LogP contribution in [0.25, 0.3) is 0 Å². The molecule has 0 spiro atoms. The summed E-state index contributed by atoms with van der Waals surface area (Å²) in [6.07, 6.45) is 66.7. The zero-order valence-electron chi connectivity index (χ0n) is 47.8. The van der Waals surface area contributed by atoms with Gasteiger partial charge in [0, 0.05) is 6.42 Å². The van der Waals surface area contributed by atoms with Crippen molar-refractivity contribution in [2.24, 2.45) is 0 Å². The number of phosphoric ester groups is 1. The number of hydrogen-bond acceptors (Lipinski definition) is 6. The molecule has 0 heterocycles. The Morgan fingerprint density at radius 3 is 1.07 bits per heavy atom. The Kier molecular flexibility index (Phi) is 52.5. The molecule has 0 aromatic carbocycles. The average Bonchev–Trinajstić information content (AvgIpc) is 3.32. The van der Waals surface area contributed by atoms with Crippen molar-refractivity contribution in [3.63, 3.8) is 0 Å². The lowest BCUT2D eigenvalue weighted by molar-refractivity contribution is -0.870. The van der Waals surface area contributed by atoms with E-state index in [9.17, 15) is 19.4 Å². The largest absolute Gasteiger partial charge is 0.756 e. The van der Waals surface area contributed by atoms with E-state index in [2.05, 4.69) is 19.2 Å². The number of hydrogen-bond donors (Lipinski definition) is 2. The van der Waals surface area contributed by atoms with Crippen molar-refractivity contribution < 1.29 is 32.9 Å². The minimum absolute atomic E-state index is 0.00158. The van der Waals surface area contributed by atoms with Gasteiger partial charge in [-0.25, -0.2) is 0 Å². The number of aliphatic hydroxyl groups is 1. The number of rotatable bonds is 58. The van der Waals surface area contributed by atoms with Crippen LogP contribution in [0.1, 0.15) is 322 Å². The zero-order chi connectivity index (χ0) is 51.3. The molecule has 8 nitrogen and oxygen atoms in total. The third-order valence-corrected chi connectivity index (χ3v) is 15.5. The molecule has 418 valence electrons. The quantitative estimate of drug-likeness (QED) is 0.0272. The maximum atomic E-state index is 12.9. The number of allylic oxidation sites excluding steroid dienone is 1. The summed E-state index contributed by atoms with van der Waals surface area (Å²) in [5.41, 5.74) is 0. The van der Waals surface area contributed by atoms with Crippen LogP contribution in [0.3, 0.4) is 0 Å². The summed E-state index contributed by atoms with van der Waals surface area (Å²) in [6.45, 7) is 4.62. The Morgan fingerprint density at radius 2 is 0.771 bits per heavy atom. The van der Waals surface area contributed by atoms with Crippen LogP contribution < -0.4 is 10.2 Å². The average molecular weight is 1010 g/mol. The molecule has 1 amide bonds. The lowest BCUT2D eigenvalue weighted by atomic mass is 10.0. The Morgan fingerprint density at radius 1 is 0.486 bits per heavy atom. The normalized spacial score (nSPS) is 13.9. The number of nitrogens with one attached hydrogen (secondary N) is 1. The van der Waals surface area contributed by atoms with Gasteiger partial charge in [-0.05, 0) is 19.3 Å². The lowest BCUT2D eigenvalue weighted by Gasteiger charge is -2.29. The van der Waals surface area contributed by atoms with E-state index in [1.54, 1.807) is 6.08 Å². The number of quaternary nitrogens is 1. The van der Waals surface area contributed by atoms with Gasteiger partial charge in [0.2, 0.25) is 5.91 Å². The number of unbranched alkanes of at least 4 members (excludes halogenated alkanes) is 45. The van der Waals surface area contributed by atoms with Crippen LogP contribution in [0.5, 0.6) is 0 Å². The lowest BCUT2D eigenvalue weighted by Crippen LogP contribution is -2.45. The predicted octanol–water partition coefficient (Wildman–Crippen LogP) is 18.4. The van der Waals surface area contributed by atoms with Crippen molar-refractivity contribution in [1.29, 1.82) is 0 Å². The van der Waals surface area contributed by atoms with E-state index >= 15 is 0 Å². The summed E-state index contributed by atoms with van der Waals surface area (Å²) < 4.78 is 23.2. The fourth-order valence-corrected chi connectivity index (χ4v) is 10.4. The van der Waals surface area contributed by atoms with E-state index in [0.717, 1.165) is 38.5 Å². The molecule has 9 heteroatoms.